The highest BCUT2D eigenvalue weighted by molar-refractivity contribution is 9.10. The van der Waals surface area contributed by atoms with Gasteiger partial charge in [0.25, 0.3) is 0 Å². The summed E-state index contributed by atoms with van der Waals surface area (Å²) in [5, 5.41) is 5.34. The van der Waals surface area contributed by atoms with Gasteiger partial charge in [0.05, 0.1) is 0 Å². The maximum Gasteiger partial charge on any atom is 0.0332 e. The van der Waals surface area contributed by atoms with Crippen molar-refractivity contribution in [1.82, 2.24) is 0 Å². The molecule has 0 aromatic heterocycles. The van der Waals surface area contributed by atoms with Gasteiger partial charge in [0.2, 0.25) is 0 Å². The lowest BCUT2D eigenvalue weighted by molar-refractivity contribution is 0.796. The van der Waals surface area contributed by atoms with E-state index < -0.39 is 0 Å². The Balaban J connectivity index is 2.06. The van der Waals surface area contributed by atoms with E-state index in [-0.39, 0.29) is 0 Å². The zero-order chi connectivity index (χ0) is 16.2. The zero-order valence-corrected chi connectivity index (χ0v) is 15.7. The molecule has 0 saturated carbocycles. The van der Waals surface area contributed by atoms with Gasteiger partial charge in [0, 0.05) is 4.47 Å². The van der Waals surface area contributed by atoms with Crippen molar-refractivity contribution >= 4 is 37.5 Å². The molecule has 0 spiro atoms. The highest BCUT2D eigenvalue weighted by Gasteiger charge is 2.07. The van der Waals surface area contributed by atoms with Crippen LogP contribution in [0.2, 0.25) is 0 Å². The van der Waals surface area contributed by atoms with Crippen LogP contribution in [0.3, 0.4) is 0 Å². The third-order valence-electron chi connectivity index (χ3n) is 4.66. The van der Waals surface area contributed by atoms with Crippen LogP contribution >= 0.6 is 15.9 Å². The molecule has 0 unspecified atom stereocenters. The number of benzene rings is 3. The average molecular weight is 369 g/mol. The zero-order valence-electron chi connectivity index (χ0n) is 14.2. The van der Waals surface area contributed by atoms with Crippen molar-refractivity contribution in [1.29, 1.82) is 0 Å². The Bertz CT molecular complexity index is 817. The molecule has 3 aromatic rings. The average Bonchev–Trinajstić information content (AvgIpc) is 2.58. The number of fused-ring (bicyclic) bond motifs is 2. The Morgan fingerprint density at radius 1 is 0.696 bits per heavy atom. The van der Waals surface area contributed by atoms with Gasteiger partial charge >= 0.3 is 0 Å². The molecule has 23 heavy (non-hydrogen) atoms. The van der Waals surface area contributed by atoms with Crippen molar-refractivity contribution in [2.24, 2.45) is 0 Å². The number of hydrogen-bond donors (Lipinski definition) is 0. The van der Waals surface area contributed by atoms with Gasteiger partial charge in [0.15, 0.2) is 0 Å². The molecule has 3 aromatic carbocycles. The van der Waals surface area contributed by atoms with E-state index in [1.165, 1.54) is 75.7 Å². The molecule has 0 fully saturated rings. The van der Waals surface area contributed by atoms with Crippen molar-refractivity contribution in [3.05, 3.63) is 58.1 Å². The Morgan fingerprint density at radius 3 is 2.04 bits per heavy atom. The minimum atomic E-state index is 1.17. The predicted molar refractivity (Wildman–Crippen MR) is 106 cm³/mol. The molecule has 0 N–H and O–H groups in total. The third-order valence-corrected chi connectivity index (χ3v) is 5.51. The SMILES string of the molecule is CCCCc1ccc2c(Br)c3cc(CCCC)ccc3cc2c1. The van der Waals surface area contributed by atoms with Gasteiger partial charge < -0.3 is 0 Å². The molecule has 0 atom stereocenters. The number of rotatable bonds is 6. The number of halogens is 1. The summed E-state index contributed by atoms with van der Waals surface area (Å²) in [7, 11) is 0. The summed E-state index contributed by atoms with van der Waals surface area (Å²) in [6.07, 6.45) is 7.38. The minimum Gasteiger partial charge on any atom is -0.0654 e. The Kier molecular flexibility index (Phi) is 5.38. The van der Waals surface area contributed by atoms with E-state index in [1.54, 1.807) is 0 Å². The van der Waals surface area contributed by atoms with Crippen LogP contribution in [-0.2, 0) is 12.8 Å². The van der Waals surface area contributed by atoms with E-state index in [0.717, 1.165) is 0 Å². The number of hydrogen-bond acceptors (Lipinski definition) is 0. The fourth-order valence-electron chi connectivity index (χ4n) is 3.24. The molecule has 0 aliphatic heterocycles. The number of unbranched alkanes of at least 4 members (excludes halogenated alkanes) is 2. The van der Waals surface area contributed by atoms with Crippen LogP contribution in [0.15, 0.2) is 46.9 Å². The highest BCUT2D eigenvalue weighted by atomic mass is 79.9. The van der Waals surface area contributed by atoms with E-state index in [4.69, 9.17) is 0 Å². The largest absolute Gasteiger partial charge is 0.0654 e. The first-order valence-corrected chi connectivity index (χ1v) is 9.66. The van der Waals surface area contributed by atoms with Crippen molar-refractivity contribution in [3.8, 4) is 0 Å². The van der Waals surface area contributed by atoms with Crippen LogP contribution in [0.1, 0.15) is 50.7 Å². The lowest BCUT2D eigenvalue weighted by atomic mass is 9.97. The maximum atomic E-state index is 3.86. The molecular weight excluding hydrogens is 344 g/mol. The molecular formula is C22H25Br. The molecule has 3 rings (SSSR count). The first-order valence-electron chi connectivity index (χ1n) is 8.86. The Labute approximate surface area is 148 Å². The van der Waals surface area contributed by atoms with Gasteiger partial charge in [-0.2, -0.15) is 0 Å². The minimum absolute atomic E-state index is 1.17. The molecule has 1 heteroatoms. The monoisotopic (exact) mass is 368 g/mol. The standard InChI is InChI=1S/C22H25Br/c1-3-5-7-16-10-12-20-19(13-16)15-18-11-9-17(8-6-4-2)14-21(18)22(20)23/h9-15H,3-8H2,1-2H3. The third kappa shape index (κ3) is 3.61. The summed E-state index contributed by atoms with van der Waals surface area (Å²) in [5.41, 5.74) is 2.89. The molecule has 0 aliphatic carbocycles. The van der Waals surface area contributed by atoms with E-state index in [9.17, 15) is 0 Å². The molecule has 0 bridgehead atoms. The number of aryl methyl sites for hydroxylation is 2. The van der Waals surface area contributed by atoms with Crippen molar-refractivity contribution in [3.63, 3.8) is 0 Å². The molecule has 0 nitrogen and oxygen atoms in total. The summed E-state index contributed by atoms with van der Waals surface area (Å²) in [6.45, 7) is 4.50. The van der Waals surface area contributed by atoms with E-state index in [2.05, 4.69) is 72.2 Å². The summed E-state index contributed by atoms with van der Waals surface area (Å²) in [5.74, 6) is 0. The van der Waals surface area contributed by atoms with Crippen LogP contribution in [0.5, 0.6) is 0 Å². The summed E-state index contributed by atoms with van der Waals surface area (Å²) in [4.78, 5) is 0. The Hall–Kier alpha value is -1.34. The van der Waals surface area contributed by atoms with Crippen LogP contribution in [0.4, 0.5) is 0 Å². The molecule has 0 saturated heterocycles. The van der Waals surface area contributed by atoms with E-state index in [0.29, 0.717) is 0 Å². The van der Waals surface area contributed by atoms with Crippen LogP contribution in [0, 0.1) is 0 Å². The van der Waals surface area contributed by atoms with Crippen LogP contribution < -0.4 is 0 Å². The summed E-state index contributed by atoms with van der Waals surface area (Å²) in [6, 6.07) is 16.2. The Morgan fingerprint density at radius 2 is 1.35 bits per heavy atom. The fraction of sp³-hybridized carbons (Fsp3) is 0.364. The second-order valence-electron chi connectivity index (χ2n) is 6.51. The highest BCUT2D eigenvalue weighted by Crippen LogP contribution is 2.34. The molecule has 0 heterocycles. The molecule has 120 valence electrons. The second-order valence-corrected chi connectivity index (χ2v) is 7.30. The van der Waals surface area contributed by atoms with E-state index >= 15 is 0 Å². The fourth-order valence-corrected chi connectivity index (χ4v) is 3.94. The van der Waals surface area contributed by atoms with Gasteiger partial charge in [-0.3, -0.25) is 0 Å². The van der Waals surface area contributed by atoms with E-state index in [1.807, 2.05) is 0 Å². The lowest BCUT2D eigenvalue weighted by Crippen LogP contribution is -1.88. The van der Waals surface area contributed by atoms with Crippen molar-refractivity contribution in [2.75, 3.05) is 0 Å². The van der Waals surface area contributed by atoms with Crippen molar-refractivity contribution in [2.45, 2.75) is 52.4 Å². The maximum absolute atomic E-state index is 3.86. The molecule has 0 radical (unpaired) electrons. The van der Waals surface area contributed by atoms with Gasteiger partial charge in [0.1, 0.15) is 0 Å². The first kappa shape index (κ1) is 16.5. The topological polar surface area (TPSA) is 0 Å². The van der Waals surface area contributed by atoms with Gasteiger partial charge in [-0.25, -0.2) is 0 Å². The summed E-state index contributed by atoms with van der Waals surface area (Å²) < 4.78 is 1.24. The van der Waals surface area contributed by atoms with Gasteiger partial charge in [-0.15, -0.1) is 0 Å². The van der Waals surface area contributed by atoms with Gasteiger partial charge in [-0.05, 0) is 80.4 Å². The molecule has 0 aliphatic rings. The predicted octanol–water partition coefficient (Wildman–Crippen LogP) is 7.44. The molecule has 0 amide bonds. The van der Waals surface area contributed by atoms with Crippen LogP contribution in [-0.4, -0.2) is 0 Å². The normalized spacial score (nSPS) is 11.4. The second kappa shape index (κ2) is 7.49. The van der Waals surface area contributed by atoms with Gasteiger partial charge in [-0.1, -0.05) is 63.1 Å². The van der Waals surface area contributed by atoms with Crippen LogP contribution in [0.25, 0.3) is 21.5 Å². The quantitative estimate of drug-likeness (QED) is 0.396. The summed E-state index contributed by atoms with van der Waals surface area (Å²) >= 11 is 3.86. The smallest absolute Gasteiger partial charge is 0.0332 e. The van der Waals surface area contributed by atoms with Crippen molar-refractivity contribution < 1.29 is 0 Å². The lowest BCUT2D eigenvalue weighted by Gasteiger charge is -2.10. The first-order chi connectivity index (χ1) is 11.2.